The summed E-state index contributed by atoms with van der Waals surface area (Å²) in [6.45, 7) is 4.87. The largest absolute Gasteiger partial charge is 0.310 e. The third-order valence-corrected chi connectivity index (χ3v) is 7.41. The summed E-state index contributed by atoms with van der Waals surface area (Å²) >= 11 is 3.25. The van der Waals surface area contributed by atoms with Crippen molar-refractivity contribution in [2.24, 2.45) is 0 Å². The molecule has 120 valence electrons. The molecule has 2 atom stereocenters. The van der Waals surface area contributed by atoms with Crippen molar-refractivity contribution < 1.29 is 8.42 Å². The van der Waals surface area contributed by atoms with Crippen molar-refractivity contribution >= 4 is 33.1 Å². The molecule has 0 aliphatic heterocycles. The number of sulfonamides is 1. The Hall–Kier alpha value is -0.0800. The highest BCUT2D eigenvalue weighted by Crippen LogP contribution is 2.30. The third kappa shape index (κ3) is 4.69. The van der Waals surface area contributed by atoms with Crippen LogP contribution in [0.1, 0.15) is 38.0 Å². The smallest absolute Gasteiger partial charge is 0.241 e. The first-order valence-corrected chi connectivity index (χ1v) is 10.9. The summed E-state index contributed by atoms with van der Waals surface area (Å²) < 4.78 is 27.8. The van der Waals surface area contributed by atoms with Crippen LogP contribution in [-0.2, 0) is 16.6 Å². The zero-order valence-corrected chi connectivity index (χ0v) is 15.2. The predicted molar refractivity (Wildman–Crippen MR) is 91.6 cm³/mol. The second kappa shape index (κ2) is 7.46. The highest BCUT2D eigenvalue weighted by molar-refractivity contribution is 7.99. The van der Waals surface area contributed by atoms with Crippen molar-refractivity contribution in [2.45, 2.75) is 61.9 Å². The topological polar surface area (TPSA) is 58.2 Å². The summed E-state index contributed by atoms with van der Waals surface area (Å²) in [7, 11) is -3.39. The molecule has 0 amide bonds. The van der Waals surface area contributed by atoms with Gasteiger partial charge in [-0.3, -0.25) is 0 Å². The minimum Gasteiger partial charge on any atom is -0.310 e. The van der Waals surface area contributed by atoms with Crippen LogP contribution >= 0.6 is 23.1 Å². The van der Waals surface area contributed by atoms with Gasteiger partial charge >= 0.3 is 0 Å². The molecule has 1 saturated carbocycles. The third-order valence-electron chi connectivity index (χ3n) is 3.69. The normalized spacial score (nSPS) is 23.0. The van der Waals surface area contributed by atoms with Gasteiger partial charge in [-0.2, -0.15) is 11.8 Å². The fourth-order valence-corrected chi connectivity index (χ4v) is 6.07. The average molecular weight is 349 g/mol. The summed E-state index contributed by atoms with van der Waals surface area (Å²) in [4.78, 5) is 1.46. The van der Waals surface area contributed by atoms with Crippen LogP contribution in [-0.4, -0.2) is 32.0 Å². The molecule has 0 radical (unpaired) electrons. The average Bonchev–Trinajstić information content (AvgIpc) is 3.04. The van der Waals surface area contributed by atoms with E-state index in [1.807, 2.05) is 0 Å². The van der Waals surface area contributed by atoms with Crippen LogP contribution in [0, 0.1) is 0 Å². The Kier molecular flexibility index (Phi) is 6.14. The van der Waals surface area contributed by atoms with E-state index >= 15 is 0 Å². The first-order chi connectivity index (χ1) is 9.92. The Balaban J connectivity index is 2.02. The summed E-state index contributed by atoms with van der Waals surface area (Å²) in [6.07, 6.45) is 5.20. The predicted octanol–water partition coefficient (Wildman–Crippen LogP) is 2.81. The molecule has 0 aromatic carbocycles. The Morgan fingerprint density at radius 1 is 1.43 bits per heavy atom. The molecule has 1 aliphatic rings. The molecule has 0 bridgehead atoms. The zero-order valence-electron chi connectivity index (χ0n) is 12.8. The van der Waals surface area contributed by atoms with Gasteiger partial charge in [0.1, 0.15) is 0 Å². The highest BCUT2D eigenvalue weighted by Gasteiger charge is 2.31. The van der Waals surface area contributed by atoms with Gasteiger partial charge in [0, 0.05) is 34.1 Å². The van der Waals surface area contributed by atoms with Crippen LogP contribution in [0.15, 0.2) is 16.3 Å². The van der Waals surface area contributed by atoms with Gasteiger partial charge in [-0.15, -0.1) is 11.3 Å². The number of hydrogen-bond donors (Lipinski definition) is 2. The van der Waals surface area contributed by atoms with E-state index in [1.54, 1.807) is 23.2 Å². The van der Waals surface area contributed by atoms with Crippen LogP contribution in [0.5, 0.6) is 0 Å². The Morgan fingerprint density at radius 3 is 2.86 bits per heavy atom. The van der Waals surface area contributed by atoms with E-state index in [0.29, 0.717) is 22.7 Å². The van der Waals surface area contributed by atoms with E-state index in [2.05, 4.69) is 30.1 Å². The zero-order chi connectivity index (χ0) is 15.5. The fourth-order valence-electron chi connectivity index (χ4n) is 2.51. The molecule has 2 N–H and O–H groups in total. The molecular weight excluding hydrogens is 324 g/mol. The molecule has 2 rings (SSSR count). The van der Waals surface area contributed by atoms with Gasteiger partial charge in [-0.05, 0) is 25.2 Å². The van der Waals surface area contributed by atoms with Crippen LogP contribution in [0.25, 0.3) is 0 Å². The summed E-state index contributed by atoms with van der Waals surface area (Å²) in [6, 6.07) is 2.25. The highest BCUT2D eigenvalue weighted by atomic mass is 32.2. The van der Waals surface area contributed by atoms with Gasteiger partial charge in [0.2, 0.25) is 10.0 Å². The Labute approximate surface area is 136 Å². The lowest BCUT2D eigenvalue weighted by atomic mass is 10.3. The number of thioether (sulfide) groups is 1. The van der Waals surface area contributed by atoms with Crippen molar-refractivity contribution in [1.82, 2.24) is 10.0 Å². The van der Waals surface area contributed by atoms with Crippen molar-refractivity contribution in [3.8, 4) is 0 Å². The van der Waals surface area contributed by atoms with E-state index in [1.165, 1.54) is 11.3 Å². The van der Waals surface area contributed by atoms with E-state index in [-0.39, 0.29) is 6.04 Å². The molecule has 1 fully saturated rings. The molecule has 0 saturated heterocycles. The van der Waals surface area contributed by atoms with Crippen molar-refractivity contribution in [2.75, 3.05) is 6.26 Å². The van der Waals surface area contributed by atoms with Gasteiger partial charge in [0.25, 0.3) is 0 Å². The van der Waals surface area contributed by atoms with E-state index in [9.17, 15) is 8.42 Å². The lowest BCUT2D eigenvalue weighted by Gasteiger charge is -2.18. The van der Waals surface area contributed by atoms with Crippen LogP contribution in [0.2, 0.25) is 0 Å². The summed E-state index contributed by atoms with van der Waals surface area (Å²) in [5.74, 6) is 0. The van der Waals surface area contributed by atoms with Crippen LogP contribution < -0.4 is 10.0 Å². The van der Waals surface area contributed by atoms with Crippen molar-refractivity contribution in [1.29, 1.82) is 0 Å². The molecule has 1 aliphatic carbocycles. The van der Waals surface area contributed by atoms with E-state index in [4.69, 9.17) is 0 Å². The summed E-state index contributed by atoms with van der Waals surface area (Å²) in [5, 5.41) is 5.45. The summed E-state index contributed by atoms with van der Waals surface area (Å²) in [5.41, 5.74) is 0. The quantitative estimate of drug-likeness (QED) is 0.795. The molecule has 1 heterocycles. The molecule has 2 unspecified atom stereocenters. The van der Waals surface area contributed by atoms with Gasteiger partial charge in [0.05, 0.1) is 4.90 Å². The standard InChI is InChI=1S/C14H24N2O2S3/c1-10(2)15-8-11-7-12(9-20-11)21(17,18)16-13-5-4-6-14(13)19-3/h7,9-10,13-16H,4-6,8H2,1-3H3. The molecule has 1 aromatic rings. The van der Waals surface area contributed by atoms with Gasteiger partial charge in [-0.25, -0.2) is 13.1 Å². The van der Waals surface area contributed by atoms with Crippen LogP contribution in [0.3, 0.4) is 0 Å². The lowest BCUT2D eigenvalue weighted by Crippen LogP contribution is -2.38. The van der Waals surface area contributed by atoms with E-state index in [0.717, 1.165) is 24.1 Å². The first kappa shape index (κ1) is 17.3. The Bertz CT molecular complexity index is 554. The molecule has 1 aromatic heterocycles. The van der Waals surface area contributed by atoms with Gasteiger partial charge in [0.15, 0.2) is 0 Å². The number of nitrogens with one attached hydrogen (secondary N) is 2. The second-order valence-electron chi connectivity index (χ2n) is 5.72. The fraction of sp³-hybridized carbons (Fsp3) is 0.714. The van der Waals surface area contributed by atoms with E-state index < -0.39 is 10.0 Å². The minimum absolute atomic E-state index is 0.0714. The second-order valence-corrected chi connectivity index (χ2v) is 9.50. The van der Waals surface area contributed by atoms with Crippen LogP contribution in [0.4, 0.5) is 0 Å². The lowest BCUT2D eigenvalue weighted by molar-refractivity contribution is 0.555. The molecule has 0 spiro atoms. The monoisotopic (exact) mass is 348 g/mol. The van der Waals surface area contributed by atoms with Crippen molar-refractivity contribution in [3.05, 3.63) is 16.3 Å². The Morgan fingerprint density at radius 2 is 2.19 bits per heavy atom. The maximum atomic E-state index is 12.5. The van der Waals surface area contributed by atoms with Crippen molar-refractivity contribution in [3.63, 3.8) is 0 Å². The maximum Gasteiger partial charge on any atom is 0.241 e. The molecule has 4 nitrogen and oxygen atoms in total. The number of rotatable bonds is 7. The molecule has 21 heavy (non-hydrogen) atoms. The first-order valence-electron chi connectivity index (χ1n) is 7.28. The van der Waals surface area contributed by atoms with Gasteiger partial charge < -0.3 is 5.32 Å². The molecular formula is C14H24N2O2S3. The molecule has 7 heteroatoms. The number of thiophene rings is 1. The number of hydrogen-bond acceptors (Lipinski definition) is 5. The SMILES string of the molecule is CSC1CCCC1NS(=O)(=O)c1csc(CNC(C)C)c1. The minimum atomic E-state index is -3.39. The van der Waals surface area contributed by atoms with Gasteiger partial charge in [-0.1, -0.05) is 20.3 Å². The maximum absolute atomic E-state index is 12.5.